The third kappa shape index (κ3) is 5.44. The number of esters is 1. The molecule has 0 fully saturated rings. The van der Waals surface area contributed by atoms with Crippen LogP contribution in [0.2, 0.25) is 5.02 Å². The molecule has 138 valence electrons. The van der Waals surface area contributed by atoms with Gasteiger partial charge >= 0.3 is 5.97 Å². The Bertz CT molecular complexity index is 778. The number of carbonyl (C=O) groups is 1. The van der Waals surface area contributed by atoms with Crippen molar-refractivity contribution in [3.05, 3.63) is 64.2 Å². The lowest BCUT2D eigenvalue weighted by molar-refractivity contribution is 0.0526. The molecule has 0 radical (unpaired) electrons. The summed E-state index contributed by atoms with van der Waals surface area (Å²) in [5.41, 5.74) is 3.38. The largest absolute Gasteiger partial charge is 0.462 e. The molecular weight excluding hydrogens is 368 g/mol. The van der Waals surface area contributed by atoms with E-state index in [0.29, 0.717) is 28.0 Å². The number of thiocarbonyl (C=S) groups is 1. The van der Waals surface area contributed by atoms with Gasteiger partial charge in [-0.2, -0.15) is 0 Å². The summed E-state index contributed by atoms with van der Waals surface area (Å²) in [4.78, 5) is 12.0. The van der Waals surface area contributed by atoms with Gasteiger partial charge in [0.1, 0.15) is 0 Å². The maximum absolute atomic E-state index is 12.0. The van der Waals surface area contributed by atoms with Crippen molar-refractivity contribution in [2.24, 2.45) is 0 Å². The lowest BCUT2D eigenvalue weighted by atomic mass is 10.0. The molecule has 0 spiro atoms. The second-order valence-corrected chi connectivity index (χ2v) is 6.70. The van der Waals surface area contributed by atoms with E-state index in [1.54, 1.807) is 25.1 Å². The topological polar surface area (TPSA) is 50.4 Å². The minimum atomic E-state index is -0.453. The van der Waals surface area contributed by atoms with Gasteiger partial charge in [0, 0.05) is 5.69 Å². The van der Waals surface area contributed by atoms with Crippen LogP contribution in [0.5, 0.6) is 0 Å². The van der Waals surface area contributed by atoms with Gasteiger partial charge in [-0.05, 0) is 56.2 Å². The Morgan fingerprint density at radius 3 is 2.50 bits per heavy atom. The molecule has 1 atom stereocenters. The number of hydrogen-bond donors (Lipinski definition) is 2. The SMILES string of the molecule is CCOC(=O)c1cc(NC(=S)NC(CC)c2ccc(C)cc2)ccc1Cl. The van der Waals surface area contributed by atoms with E-state index in [1.807, 2.05) is 0 Å². The predicted molar refractivity (Wildman–Crippen MR) is 111 cm³/mol. The number of anilines is 1. The van der Waals surface area contributed by atoms with Crippen molar-refractivity contribution >= 4 is 40.6 Å². The Morgan fingerprint density at radius 1 is 1.19 bits per heavy atom. The van der Waals surface area contributed by atoms with Crippen molar-refractivity contribution in [1.29, 1.82) is 0 Å². The van der Waals surface area contributed by atoms with Crippen LogP contribution in [-0.4, -0.2) is 17.7 Å². The molecule has 0 aliphatic carbocycles. The lowest BCUT2D eigenvalue weighted by Gasteiger charge is -2.20. The summed E-state index contributed by atoms with van der Waals surface area (Å²) in [5, 5.41) is 7.24. The summed E-state index contributed by atoms with van der Waals surface area (Å²) in [5.74, 6) is -0.453. The first kappa shape index (κ1) is 20.2. The van der Waals surface area contributed by atoms with Gasteiger partial charge in [-0.1, -0.05) is 48.4 Å². The van der Waals surface area contributed by atoms with Crippen LogP contribution in [0, 0.1) is 6.92 Å². The molecule has 1 unspecified atom stereocenters. The fraction of sp³-hybridized carbons (Fsp3) is 0.300. The minimum Gasteiger partial charge on any atom is -0.462 e. The molecule has 0 aliphatic rings. The molecule has 4 nitrogen and oxygen atoms in total. The zero-order chi connectivity index (χ0) is 19.1. The maximum Gasteiger partial charge on any atom is 0.339 e. The number of carbonyl (C=O) groups excluding carboxylic acids is 1. The highest BCUT2D eigenvalue weighted by molar-refractivity contribution is 7.80. The first-order valence-electron chi connectivity index (χ1n) is 8.55. The molecule has 0 aliphatic heterocycles. The molecule has 0 aromatic heterocycles. The van der Waals surface area contributed by atoms with Gasteiger partial charge in [-0.25, -0.2) is 4.79 Å². The number of benzene rings is 2. The highest BCUT2D eigenvalue weighted by Crippen LogP contribution is 2.22. The maximum atomic E-state index is 12.0. The van der Waals surface area contributed by atoms with Gasteiger partial charge in [0.15, 0.2) is 5.11 Å². The molecule has 0 saturated heterocycles. The second-order valence-electron chi connectivity index (χ2n) is 5.89. The van der Waals surface area contributed by atoms with Crippen LogP contribution in [0.25, 0.3) is 0 Å². The molecule has 2 aromatic rings. The van der Waals surface area contributed by atoms with Crippen LogP contribution in [-0.2, 0) is 4.74 Å². The zero-order valence-electron chi connectivity index (χ0n) is 15.1. The van der Waals surface area contributed by atoms with Gasteiger partial charge in [0.2, 0.25) is 0 Å². The van der Waals surface area contributed by atoms with Gasteiger partial charge in [0.25, 0.3) is 0 Å². The molecule has 0 heterocycles. The van der Waals surface area contributed by atoms with Crippen LogP contribution in [0.4, 0.5) is 5.69 Å². The number of ether oxygens (including phenoxy) is 1. The monoisotopic (exact) mass is 390 g/mol. The summed E-state index contributed by atoms with van der Waals surface area (Å²) in [7, 11) is 0. The quantitative estimate of drug-likeness (QED) is 0.520. The van der Waals surface area contributed by atoms with E-state index in [0.717, 1.165) is 6.42 Å². The Balaban J connectivity index is 2.08. The summed E-state index contributed by atoms with van der Waals surface area (Å²) in [6, 6.07) is 13.5. The molecular formula is C20H23ClN2O2S. The number of hydrogen-bond acceptors (Lipinski definition) is 3. The molecule has 0 saturated carbocycles. The average Bonchev–Trinajstić information content (AvgIpc) is 2.62. The van der Waals surface area contributed by atoms with E-state index in [4.69, 9.17) is 28.6 Å². The van der Waals surface area contributed by atoms with Crippen molar-refractivity contribution in [1.82, 2.24) is 5.32 Å². The van der Waals surface area contributed by atoms with Gasteiger partial charge in [-0.3, -0.25) is 0 Å². The Morgan fingerprint density at radius 2 is 1.88 bits per heavy atom. The summed E-state index contributed by atoms with van der Waals surface area (Å²) in [6.45, 7) is 6.21. The van der Waals surface area contributed by atoms with E-state index in [-0.39, 0.29) is 6.04 Å². The van der Waals surface area contributed by atoms with Crippen molar-refractivity contribution in [3.63, 3.8) is 0 Å². The normalized spacial score (nSPS) is 11.5. The first-order chi connectivity index (χ1) is 12.4. The van der Waals surface area contributed by atoms with Gasteiger partial charge in [0.05, 0.1) is 23.2 Å². The Labute approximate surface area is 164 Å². The van der Waals surface area contributed by atoms with E-state index < -0.39 is 5.97 Å². The third-order valence-electron chi connectivity index (χ3n) is 3.91. The molecule has 2 aromatic carbocycles. The van der Waals surface area contributed by atoms with Gasteiger partial charge < -0.3 is 15.4 Å². The summed E-state index contributed by atoms with van der Waals surface area (Å²) in [6.07, 6.45) is 0.888. The Kier molecular flexibility index (Phi) is 7.42. The molecule has 26 heavy (non-hydrogen) atoms. The molecule has 0 bridgehead atoms. The minimum absolute atomic E-state index is 0.104. The zero-order valence-corrected chi connectivity index (χ0v) is 16.7. The van der Waals surface area contributed by atoms with Crippen LogP contribution in [0.3, 0.4) is 0 Å². The first-order valence-corrected chi connectivity index (χ1v) is 9.34. The summed E-state index contributed by atoms with van der Waals surface area (Å²) >= 11 is 11.5. The Hall–Kier alpha value is -2.11. The highest BCUT2D eigenvalue weighted by atomic mass is 35.5. The number of nitrogens with one attached hydrogen (secondary N) is 2. The van der Waals surface area contributed by atoms with Crippen LogP contribution in [0.15, 0.2) is 42.5 Å². The average molecular weight is 391 g/mol. The standard InChI is InChI=1S/C20H23ClN2O2S/c1-4-18(14-8-6-13(3)7-9-14)23-20(26)22-15-10-11-17(21)16(12-15)19(24)25-5-2/h6-12,18H,4-5H2,1-3H3,(H2,22,23,26). The molecule has 0 amide bonds. The van der Waals surface area contributed by atoms with Gasteiger partial charge in [-0.15, -0.1) is 0 Å². The number of halogens is 1. The number of aryl methyl sites for hydroxylation is 1. The van der Waals surface area contributed by atoms with Crippen LogP contribution < -0.4 is 10.6 Å². The third-order valence-corrected chi connectivity index (χ3v) is 4.46. The lowest BCUT2D eigenvalue weighted by Crippen LogP contribution is -2.32. The van der Waals surface area contributed by atoms with Crippen molar-refractivity contribution in [3.8, 4) is 0 Å². The van der Waals surface area contributed by atoms with E-state index in [9.17, 15) is 4.79 Å². The molecule has 2 N–H and O–H groups in total. The second kappa shape index (κ2) is 9.55. The van der Waals surface area contributed by atoms with Crippen LogP contribution >= 0.6 is 23.8 Å². The van der Waals surface area contributed by atoms with Crippen LogP contribution in [0.1, 0.15) is 47.8 Å². The fourth-order valence-electron chi connectivity index (χ4n) is 2.51. The molecule has 2 rings (SSSR count). The van der Waals surface area contributed by atoms with E-state index >= 15 is 0 Å². The van der Waals surface area contributed by atoms with E-state index in [1.165, 1.54) is 11.1 Å². The highest BCUT2D eigenvalue weighted by Gasteiger charge is 2.14. The smallest absolute Gasteiger partial charge is 0.339 e. The van der Waals surface area contributed by atoms with Crippen molar-refractivity contribution < 1.29 is 9.53 Å². The predicted octanol–water partition coefficient (Wildman–Crippen LogP) is 5.26. The fourth-order valence-corrected chi connectivity index (χ4v) is 2.97. The summed E-state index contributed by atoms with van der Waals surface area (Å²) < 4.78 is 5.02. The van der Waals surface area contributed by atoms with Crippen molar-refractivity contribution in [2.45, 2.75) is 33.2 Å². The molecule has 6 heteroatoms. The number of rotatable bonds is 6. The van der Waals surface area contributed by atoms with E-state index in [2.05, 4.69) is 48.7 Å². The van der Waals surface area contributed by atoms with Crippen molar-refractivity contribution in [2.75, 3.05) is 11.9 Å².